The van der Waals surface area contributed by atoms with Crippen LogP contribution in [0.2, 0.25) is 0 Å². The van der Waals surface area contributed by atoms with Gasteiger partial charge in [0.1, 0.15) is 0 Å². The Hall–Kier alpha value is -0.880. The molecule has 0 radical (unpaired) electrons. The minimum atomic E-state index is 0.505. The van der Waals surface area contributed by atoms with E-state index in [1.54, 1.807) is 11.3 Å². The molecule has 0 aromatic carbocycles. The first-order valence-corrected chi connectivity index (χ1v) is 4.93. The third kappa shape index (κ3) is 2.31. The van der Waals surface area contributed by atoms with E-state index in [1.807, 2.05) is 5.38 Å². The zero-order valence-electron chi connectivity index (χ0n) is 7.37. The van der Waals surface area contributed by atoms with Gasteiger partial charge in [0.15, 0.2) is 0 Å². The molecular weight excluding hydrogens is 168 g/mol. The SMILES string of the molecule is CC(C)c1nc(CCC#N)cs1. The number of aryl methyl sites for hydroxylation is 1. The Morgan fingerprint density at radius 3 is 2.92 bits per heavy atom. The summed E-state index contributed by atoms with van der Waals surface area (Å²) < 4.78 is 0. The average molecular weight is 180 g/mol. The van der Waals surface area contributed by atoms with Gasteiger partial charge in [0.2, 0.25) is 0 Å². The Labute approximate surface area is 76.9 Å². The molecule has 2 nitrogen and oxygen atoms in total. The van der Waals surface area contributed by atoms with E-state index in [0.717, 1.165) is 12.1 Å². The predicted molar refractivity (Wildman–Crippen MR) is 50.1 cm³/mol. The van der Waals surface area contributed by atoms with Crippen LogP contribution in [-0.2, 0) is 6.42 Å². The normalized spacial score (nSPS) is 10.2. The lowest BCUT2D eigenvalue weighted by atomic mass is 10.2. The van der Waals surface area contributed by atoms with Crippen molar-refractivity contribution in [1.29, 1.82) is 5.26 Å². The summed E-state index contributed by atoms with van der Waals surface area (Å²) in [6.07, 6.45) is 1.36. The second-order valence-electron chi connectivity index (χ2n) is 2.99. The first-order chi connectivity index (χ1) is 5.74. The first kappa shape index (κ1) is 9.21. The maximum atomic E-state index is 8.37. The Morgan fingerprint density at radius 1 is 1.67 bits per heavy atom. The molecule has 0 aliphatic carbocycles. The summed E-state index contributed by atoms with van der Waals surface area (Å²) in [5.74, 6) is 0.505. The van der Waals surface area contributed by atoms with Crippen molar-refractivity contribution in [2.45, 2.75) is 32.6 Å². The molecule has 0 atom stereocenters. The first-order valence-electron chi connectivity index (χ1n) is 4.05. The Kier molecular flexibility index (Phi) is 3.24. The van der Waals surface area contributed by atoms with Gasteiger partial charge in [-0.2, -0.15) is 5.26 Å². The largest absolute Gasteiger partial charge is 0.246 e. The van der Waals surface area contributed by atoms with Crippen LogP contribution in [0, 0.1) is 11.3 Å². The monoisotopic (exact) mass is 180 g/mol. The predicted octanol–water partition coefficient (Wildman–Crippen LogP) is 2.72. The number of hydrogen-bond donors (Lipinski definition) is 0. The second kappa shape index (κ2) is 4.22. The van der Waals surface area contributed by atoms with E-state index in [4.69, 9.17) is 5.26 Å². The molecule has 0 amide bonds. The fraction of sp³-hybridized carbons (Fsp3) is 0.556. The van der Waals surface area contributed by atoms with Crippen LogP contribution in [-0.4, -0.2) is 4.98 Å². The Bertz CT molecular complexity index is 283. The summed E-state index contributed by atoms with van der Waals surface area (Å²) >= 11 is 1.69. The molecule has 0 saturated carbocycles. The van der Waals surface area contributed by atoms with Gasteiger partial charge >= 0.3 is 0 Å². The molecule has 0 fully saturated rings. The minimum Gasteiger partial charge on any atom is -0.246 e. The Morgan fingerprint density at radius 2 is 2.42 bits per heavy atom. The maximum absolute atomic E-state index is 8.37. The third-order valence-corrected chi connectivity index (χ3v) is 2.75. The molecule has 1 heterocycles. The second-order valence-corrected chi connectivity index (χ2v) is 3.88. The molecule has 0 unspecified atom stereocenters. The van der Waals surface area contributed by atoms with E-state index in [2.05, 4.69) is 24.9 Å². The summed E-state index contributed by atoms with van der Waals surface area (Å²) in [4.78, 5) is 4.41. The van der Waals surface area contributed by atoms with Crippen LogP contribution >= 0.6 is 11.3 Å². The van der Waals surface area contributed by atoms with Crippen molar-refractivity contribution in [2.75, 3.05) is 0 Å². The van der Waals surface area contributed by atoms with Crippen LogP contribution in [0.15, 0.2) is 5.38 Å². The topological polar surface area (TPSA) is 36.7 Å². The molecule has 0 N–H and O–H groups in total. The molecule has 0 spiro atoms. The van der Waals surface area contributed by atoms with Crippen LogP contribution in [0.4, 0.5) is 0 Å². The molecule has 12 heavy (non-hydrogen) atoms. The van der Waals surface area contributed by atoms with Gasteiger partial charge in [0.05, 0.1) is 16.8 Å². The van der Waals surface area contributed by atoms with E-state index < -0.39 is 0 Å². The van der Waals surface area contributed by atoms with Gasteiger partial charge in [0, 0.05) is 24.1 Å². The molecular formula is C9H12N2S. The molecule has 1 rings (SSSR count). The molecule has 0 saturated heterocycles. The van der Waals surface area contributed by atoms with Crippen molar-refractivity contribution in [1.82, 2.24) is 4.98 Å². The number of rotatable bonds is 3. The minimum absolute atomic E-state index is 0.505. The van der Waals surface area contributed by atoms with Crippen molar-refractivity contribution < 1.29 is 0 Å². The maximum Gasteiger partial charge on any atom is 0.0953 e. The van der Waals surface area contributed by atoms with Gasteiger partial charge in [-0.25, -0.2) is 4.98 Å². The van der Waals surface area contributed by atoms with Crippen molar-refractivity contribution in [3.05, 3.63) is 16.1 Å². The number of hydrogen-bond acceptors (Lipinski definition) is 3. The lowest BCUT2D eigenvalue weighted by molar-refractivity contribution is 0.834. The third-order valence-electron chi connectivity index (χ3n) is 1.56. The van der Waals surface area contributed by atoms with Crippen LogP contribution in [0.25, 0.3) is 0 Å². The van der Waals surface area contributed by atoms with Crippen LogP contribution in [0.1, 0.15) is 36.9 Å². The smallest absolute Gasteiger partial charge is 0.0953 e. The summed E-state index contributed by atoms with van der Waals surface area (Å²) in [5, 5.41) is 11.6. The van der Waals surface area contributed by atoms with E-state index in [0.29, 0.717) is 12.3 Å². The van der Waals surface area contributed by atoms with E-state index in [9.17, 15) is 0 Å². The number of nitrogens with zero attached hydrogens (tertiary/aromatic N) is 2. The van der Waals surface area contributed by atoms with Crippen LogP contribution in [0.5, 0.6) is 0 Å². The standard InChI is InChI=1S/C9H12N2S/c1-7(2)9-11-8(6-12-9)4-3-5-10/h6-7H,3-4H2,1-2H3. The number of nitriles is 1. The number of thiazole rings is 1. The molecule has 0 aliphatic rings. The summed E-state index contributed by atoms with van der Waals surface area (Å²) in [6, 6.07) is 2.12. The molecule has 0 aliphatic heterocycles. The van der Waals surface area contributed by atoms with Gasteiger partial charge in [-0.15, -0.1) is 11.3 Å². The van der Waals surface area contributed by atoms with E-state index in [1.165, 1.54) is 5.01 Å². The highest BCUT2D eigenvalue weighted by molar-refractivity contribution is 7.09. The molecule has 1 aromatic heterocycles. The molecule has 64 valence electrons. The summed E-state index contributed by atoms with van der Waals surface area (Å²) in [6.45, 7) is 4.26. The van der Waals surface area contributed by atoms with Crippen molar-refractivity contribution >= 4 is 11.3 Å². The zero-order valence-corrected chi connectivity index (χ0v) is 8.19. The van der Waals surface area contributed by atoms with Gasteiger partial charge in [-0.1, -0.05) is 13.8 Å². The fourth-order valence-electron chi connectivity index (χ4n) is 0.887. The van der Waals surface area contributed by atoms with Crippen molar-refractivity contribution in [3.8, 4) is 6.07 Å². The van der Waals surface area contributed by atoms with Crippen molar-refractivity contribution in [3.63, 3.8) is 0 Å². The van der Waals surface area contributed by atoms with Crippen LogP contribution in [0.3, 0.4) is 0 Å². The van der Waals surface area contributed by atoms with Gasteiger partial charge < -0.3 is 0 Å². The molecule has 3 heteroatoms. The highest BCUT2D eigenvalue weighted by Crippen LogP contribution is 2.19. The Balaban J connectivity index is 2.59. The fourth-order valence-corrected chi connectivity index (χ4v) is 1.76. The summed E-state index contributed by atoms with van der Waals surface area (Å²) in [7, 11) is 0. The molecule has 1 aromatic rings. The molecule has 0 bridgehead atoms. The van der Waals surface area contributed by atoms with E-state index in [-0.39, 0.29) is 0 Å². The highest BCUT2D eigenvalue weighted by Gasteiger charge is 2.04. The highest BCUT2D eigenvalue weighted by atomic mass is 32.1. The van der Waals surface area contributed by atoms with Gasteiger partial charge in [0.25, 0.3) is 0 Å². The summed E-state index contributed by atoms with van der Waals surface area (Å²) in [5.41, 5.74) is 1.06. The lowest BCUT2D eigenvalue weighted by Gasteiger charge is -1.95. The van der Waals surface area contributed by atoms with Crippen LogP contribution < -0.4 is 0 Å². The lowest BCUT2D eigenvalue weighted by Crippen LogP contribution is -1.88. The van der Waals surface area contributed by atoms with E-state index >= 15 is 0 Å². The van der Waals surface area contributed by atoms with Gasteiger partial charge in [-0.05, 0) is 0 Å². The van der Waals surface area contributed by atoms with Gasteiger partial charge in [-0.3, -0.25) is 0 Å². The number of aromatic nitrogens is 1. The average Bonchev–Trinajstić information content (AvgIpc) is 2.48. The quantitative estimate of drug-likeness (QED) is 0.717. The van der Waals surface area contributed by atoms with Crippen molar-refractivity contribution in [2.24, 2.45) is 0 Å². The zero-order chi connectivity index (χ0) is 8.97.